The van der Waals surface area contributed by atoms with E-state index in [0.717, 1.165) is 23.2 Å². The Morgan fingerprint density at radius 2 is 1.58 bits per heavy atom. The molecule has 26 heavy (non-hydrogen) atoms. The van der Waals surface area contributed by atoms with Gasteiger partial charge in [0.25, 0.3) is 0 Å². The number of hydrogen-bond donors (Lipinski definition) is 1. The molecule has 138 valence electrons. The van der Waals surface area contributed by atoms with Crippen LogP contribution < -0.4 is 4.90 Å². The van der Waals surface area contributed by atoms with Gasteiger partial charge in [-0.15, -0.1) is 0 Å². The van der Waals surface area contributed by atoms with Crippen LogP contribution in [0.3, 0.4) is 0 Å². The van der Waals surface area contributed by atoms with Crippen LogP contribution in [0.25, 0.3) is 0 Å². The molecule has 4 fully saturated rings. The standard InChI is InChI=1S/C22H28N2O2/c1-13-20(22(25)26)24(14(2)23(13)19-6-4-3-5-7-19)21-17-9-15-8-16(11-17)12-18(21)10-15/h3-7,14-18,21H,8-12H2,1-2H3,(H,25,26). The minimum atomic E-state index is -0.776. The molecular formula is C22H28N2O2. The van der Waals surface area contributed by atoms with E-state index < -0.39 is 5.97 Å². The molecule has 6 rings (SSSR count). The van der Waals surface area contributed by atoms with Gasteiger partial charge in [-0.05, 0) is 81.8 Å². The van der Waals surface area contributed by atoms with E-state index in [1.807, 2.05) is 25.1 Å². The lowest BCUT2D eigenvalue weighted by atomic mass is 9.53. The quantitative estimate of drug-likeness (QED) is 0.881. The lowest BCUT2D eigenvalue weighted by Crippen LogP contribution is -2.58. The van der Waals surface area contributed by atoms with Crippen LogP contribution in [0.2, 0.25) is 0 Å². The van der Waals surface area contributed by atoms with Crippen LogP contribution in [0, 0.1) is 23.7 Å². The summed E-state index contributed by atoms with van der Waals surface area (Å²) in [5.41, 5.74) is 2.49. The second-order valence-electron chi connectivity index (χ2n) is 8.91. The number of benzene rings is 1. The van der Waals surface area contributed by atoms with Crippen molar-refractivity contribution in [1.82, 2.24) is 4.90 Å². The summed E-state index contributed by atoms with van der Waals surface area (Å²) in [5.74, 6) is 2.37. The topological polar surface area (TPSA) is 43.8 Å². The number of carboxylic acid groups (broad SMARTS) is 1. The fraction of sp³-hybridized carbons (Fsp3) is 0.591. The van der Waals surface area contributed by atoms with Crippen molar-refractivity contribution < 1.29 is 9.90 Å². The highest BCUT2D eigenvalue weighted by Gasteiger charge is 2.54. The monoisotopic (exact) mass is 352 g/mol. The van der Waals surface area contributed by atoms with Crippen LogP contribution in [-0.2, 0) is 4.79 Å². The van der Waals surface area contributed by atoms with Gasteiger partial charge >= 0.3 is 5.97 Å². The molecule has 0 amide bonds. The molecule has 4 saturated carbocycles. The fourth-order valence-electron chi connectivity index (χ4n) is 6.90. The molecule has 1 unspecified atom stereocenters. The number of carboxylic acids is 1. The van der Waals surface area contributed by atoms with Crippen molar-refractivity contribution in [3.63, 3.8) is 0 Å². The van der Waals surface area contributed by atoms with Gasteiger partial charge in [0, 0.05) is 17.4 Å². The first kappa shape index (κ1) is 16.2. The summed E-state index contributed by atoms with van der Waals surface area (Å²) in [6.07, 6.45) is 6.70. The molecule has 1 aromatic rings. The third-order valence-corrected chi connectivity index (χ3v) is 7.47. The van der Waals surface area contributed by atoms with Crippen molar-refractivity contribution in [2.24, 2.45) is 23.7 Å². The van der Waals surface area contributed by atoms with Gasteiger partial charge in [-0.2, -0.15) is 0 Å². The molecule has 1 atom stereocenters. The number of aliphatic carboxylic acids is 1. The molecule has 4 aliphatic carbocycles. The molecule has 1 aliphatic heterocycles. The highest BCUT2D eigenvalue weighted by molar-refractivity contribution is 5.89. The lowest BCUT2D eigenvalue weighted by Gasteiger charge is -2.58. The van der Waals surface area contributed by atoms with Crippen molar-refractivity contribution in [2.45, 2.75) is 58.2 Å². The van der Waals surface area contributed by atoms with Crippen molar-refractivity contribution in [3.05, 3.63) is 41.7 Å². The van der Waals surface area contributed by atoms with E-state index in [1.165, 1.54) is 32.1 Å². The maximum absolute atomic E-state index is 12.3. The molecule has 0 spiro atoms. The molecule has 0 aromatic heterocycles. The number of rotatable bonds is 3. The zero-order valence-electron chi connectivity index (χ0n) is 15.6. The largest absolute Gasteiger partial charge is 0.477 e. The first-order chi connectivity index (χ1) is 12.5. The summed E-state index contributed by atoms with van der Waals surface area (Å²) < 4.78 is 0. The summed E-state index contributed by atoms with van der Waals surface area (Å²) in [6.45, 7) is 4.15. The second kappa shape index (κ2) is 5.77. The number of para-hydroxylation sites is 1. The van der Waals surface area contributed by atoms with Crippen LogP contribution in [0.1, 0.15) is 46.0 Å². The maximum Gasteiger partial charge on any atom is 0.354 e. The number of carbonyl (C=O) groups is 1. The molecular weight excluding hydrogens is 324 g/mol. The maximum atomic E-state index is 12.3. The van der Waals surface area contributed by atoms with Gasteiger partial charge in [0.05, 0.1) is 0 Å². The zero-order chi connectivity index (χ0) is 18.0. The Morgan fingerprint density at radius 1 is 1.00 bits per heavy atom. The minimum Gasteiger partial charge on any atom is -0.477 e. The van der Waals surface area contributed by atoms with Crippen molar-refractivity contribution in [1.29, 1.82) is 0 Å². The van der Waals surface area contributed by atoms with Crippen molar-refractivity contribution in [2.75, 3.05) is 4.90 Å². The van der Waals surface area contributed by atoms with Gasteiger partial charge in [-0.25, -0.2) is 4.79 Å². The first-order valence-corrected chi connectivity index (χ1v) is 10.1. The summed E-state index contributed by atoms with van der Waals surface area (Å²) in [4.78, 5) is 16.8. The highest BCUT2D eigenvalue weighted by atomic mass is 16.4. The lowest BCUT2D eigenvalue weighted by molar-refractivity contribution is -0.136. The second-order valence-corrected chi connectivity index (χ2v) is 8.91. The molecule has 4 nitrogen and oxygen atoms in total. The average molecular weight is 352 g/mol. The summed E-state index contributed by atoms with van der Waals surface area (Å²) >= 11 is 0. The average Bonchev–Trinajstić information content (AvgIpc) is 2.86. The SMILES string of the molecule is CC1=C(C(=O)O)N(C2C3CC4CC(C3)CC2C4)C(C)N1c1ccccc1. The van der Waals surface area contributed by atoms with E-state index >= 15 is 0 Å². The van der Waals surface area contributed by atoms with Crippen LogP contribution in [-0.4, -0.2) is 28.2 Å². The Balaban J connectivity index is 1.55. The van der Waals surface area contributed by atoms with Crippen molar-refractivity contribution >= 4 is 11.7 Å². The number of nitrogens with zero attached hydrogens (tertiary/aromatic N) is 2. The van der Waals surface area contributed by atoms with Gasteiger partial charge in [0.1, 0.15) is 11.9 Å². The molecule has 4 heteroatoms. The Morgan fingerprint density at radius 3 is 2.12 bits per heavy atom. The summed E-state index contributed by atoms with van der Waals surface area (Å²) in [7, 11) is 0. The number of anilines is 1. The Bertz CT molecular complexity index is 729. The summed E-state index contributed by atoms with van der Waals surface area (Å²) in [6, 6.07) is 10.6. The third kappa shape index (κ3) is 2.23. The predicted octanol–water partition coefficient (Wildman–Crippen LogP) is 4.30. The van der Waals surface area contributed by atoms with E-state index in [0.29, 0.717) is 23.6 Å². The normalized spacial score (nSPS) is 38.4. The van der Waals surface area contributed by atoms with E-state index in [9.17, 15) is 9.90 Å². The summed E-state index contributed by atoms with van der Waals surface area (Å²) in [5, 5.41) is 10.1. The minimum absolute atomic E-state index is 0.0611. The Labute approximate surface area is 155 Å². The van der Waals surface area contributed by atoms with Gasteiger partial charge in [-0.3, -0.25) is 0 Å². The van der Waals surface area contributed by atoms with Crippen LogP contribution in [0.15, 0.2) is 41.7 Å². The highest BCUT2D eigenvalue weighted by Crippen LogP contribution is 2.56. The molecule has 1 N–H and O–H groups in total. The van der Waals surface area contributed by atoms with Crippen LogP contribution in [0.5, 0.6) is 0 Å². The molecule has 5 aliphatic rings. The van der Waals surface area contributed by atoms with E-state index in [-0.39, 0.29) is 6.17 Å². The van der Waals surface area contributed by atoms with Gasteiger partial charge in [0.2, 0.25) is 0 Å². The smallest absolute Gasteiger partial charge is 0.354 e. The van der Waals surface area contributed by atoms with Crippen LogP contribution >= 0.6 is 0 Å². The third-order valence-electron chi connectivity index (χ3n) is 7.47. The molecule has 0 saturated heterocycles. The number of allylic oxidation sites excluding steroid dienone is 1. The molecule has 1 heterocycles. The molecule has 4 bridgehead atoms. The predicted molar refractivity (Wildman–Crippen MR) is 101 cm³/mol. The van der Waals surface area contributed by atoms with E-state index in [2.05, 4.69) is 28.9 Å². The first-order valence-electron chi connectivity index (χ1n) is 10.1. The van der Waals surface area contributed by atoms with Crippen molar-refractivity contribution in [3.8, 4) is 0 Å². The Kier molecular flexibility index (Phi) is 3.60. The van der Waals surface area contributed by atoms with E-state index in [4.69, 9.17) is 0 Å². The van der Waals surface area contributed by atoms with Gasteiger partial charge < -0.3 is 14.9 Å². The van der Waals surface area contributed by atoms with Gasteiger partial charge in [0.15, 0.2) is 0 Å². The zero-order valence-corrected chi connectivity index (χ0v) is 15.6. The fourth-order valence-corrected chi connectivity index (χ4v) is 6.90. The van der Waals surface area contributed by atoms with Crippen LogP contribution in [0.4, 0.5) is 5.69 Å². The number of hydrogen-bond acceptors (Lipinski definition) is 3. The van der Waals surface area contributed by atoms with E-state index in [1.54, 1.807) is 0 Å². The molecule has 1 aromatic carbocycles. The molecule has 0 radical (unpaired) electrons. The van der Waals surface area contributed by atoms with Gasteiger partial charge in [-0.1, -0.05) is 18.2 Å². The Hall–Kier alpha value is -1.97.